The van der Waals surface area contributed by atoms with E-state index in [1.54, 1.807) is 48.5 Å². The van der Waals surface area contributed by atoms with E-state index in [4.69, 9.17) is 23.2 Å². The molecule has 0 spiro atoms. The molecular weight excluding hydrogens is 641 g/mol. The molecule has 2 amide bonds. The Morgan fingerprint density at radius 1 is 0.783 bits per heavy atom. The van der Waals surface area contributed by atoms with Crippen LogP contribution in [0.4, 0.5) is 5.69 Å². The first kappa shape index (κ1) is 35.0. The van der Waals surface area contributed by atoms with Crippen molar-refractivity contribution in [1.82, 2.24) is 10.2 Å². The van der Waals surface area contributed by atoms with Gasteiger partial charge in [-0.1, -0.05) is 96.9 Å². The van der Waals surface area contributed by atoms with Gasteiger partial charge in [-0.2, -0.15) is 0 Å². The number of nitrogens with zero attached hydrogens (tertiary/aromatic N) is 2. The summed E-state index contributed by atoms with van der Waals surface area (Å²) in [7, 11) is -4.19. The van der Waals surface area contributed by atoms with E-state index in [0.717, 1.165) is 21.9 Å². The number of carbonyl (C=O) groups is 2. The van der Waals surface area contributed by atoms with E-state index >= 15 is 0 Å². The number of benzene rings is 4. The topological polar surface area (TPSA) is 86.8 Å². The van der Waals surface area contributed by atoms with Crippen LogP contribution >= 0.6 is 23.2 Å². The quantitative estimate of drug-likeness (QED) is 0.170. The monoisotopic (exact) mass is 679 g/mol. The van der Waals surface area contributed by atoms with Crippen molar-refractivity contribution in [2.45, 2.75) is 63.6 Å². The summed E-state index contributed by atoms with van der Waals surface area (Å²) < 4.78 is 29.3. The minimum Gasteiger partial charge on any atom is -0.350 e. The Kier molecular flexibility index (Phi) is 11.5. The second kappa shape index (κ2) is 15.2. The van der Waals surface area contributed by atoms with Gasteiger partial charge in [-0.15, -0.1) is 0 Å². The highest BCUT2D eigenvalue weighted by molar-refractivity contribution is 7.92. The van der Waals surface area contributed by atoms with Crippen LogP contribution in [0.25, 0.3) is 0 Å². The maximum absolute atomic E-state index is 14.6. The van der Waals surface area contributed by atoms with Gasteiger partial charge < -0.3 is 10.2 Å². The first-order chi connectivity index (χ1) is 21.8. The molecule has 4 aromatic carbocycles. The third-order valence-electron chi connectivity index (χ3n) is 7.40. The fraction of sp³-hybridized carbons (Fsp3) is 0.278. The summed E-state index contributed by atoms with van der Waals surface area (Å²) in [5.74, 6) is -0.988. The Bertz CT molecular complexity index is 1720. The molecule has 242 valence electrons. The molecule has 0 aliphatic rings. The van der Waals surface area contributed by atoms with Gasteiger partial charge in [-0.3, -0.25) is 13.9 Å². The van der Waals surface area contributed by atoms with E-state index in [0.29, 0.717) is 21.3 Å². The van der Waals surface area contributed by atoms with Crippen LogP contribution in [0.5, 0.6) is 0 Å². The average Bonchev–Trinajstić information content (AvgIpc) is 3.02. The van der Waals surface area contributed by atoms with Gasteiger partial charge in [0.1, 0.15) is 12.6 Å². The molecule has 4 rings (SSSR count). The molecule has 0 bridgehead atoms. The van der Waals surface area contributed by atoms with Crippen LogP contribution < -0.4 is 9.62 Å². The highest BCUT2D eigenvalue weighted by Gasteiger charge is 2.36. The summed E-state index contributed by atoms with van der Waals surface area (Å²) in [5.41, 5.74) is 2.01. The zero-order chi connectivity index (χ0) is 33.5. The zero-order valence-electron chi connectivity index (χ0n) is 26.4. The van der Waals surface area contributed by atoms with E-state index < -0.39 is 40.0 Å². The predicted octanol–water partition coefficient (Wildman–Crippen LogP) is 7.31. The molecule has 4 aromatic rings. The molecule has 0 saturated carbocycles. The predicted molar refractivity (Wildman–Crippen MR) is 186 cm³/mol. The summed E-state index contributed by atoms with van der Waals surface area (Å²) in [5, 5.41) is 3.66. The van der Waals surface area contributed by atoms with Gasteiger partial charge in [0.15, 0.2) is 0 Å². The number of hydrogen-bond acceptors (Lipinski definition) is 4. The van der Waals surface area contributed by atoms with Crippen LogP contribution in [0.2, 0.25) is 10.0 Å². The number of amides is 2. The number of rotatable bonds is 12. The summed E-state index contributed by atoms with van der Waals surface area (Å²) in [6.45, 7) is 6.88. The zero-order valence-corrected chi connectivity index (χ0v) is 28.7. The van der Waals surface area contributed by atoms with Crippen LogP contribution in [0.1, 0.15) is 44.4 Å². The van der Waals surface area contributed by atoms with Crippen molar-refractivity contribution in [2.75, 3.05) is 10.8 Å². The SMILES string of the molecule is CCc1ccc(N(CC(=O)N(Cc2c(Cl)cccc2Cl)[C@@H](Cc2ccccc2)C(=O)NC(C)(C)C)S(=O)(=O)c2ccccc2)cc1. The Hall–Kier alpha value is -3.85. The number of halogens is 2. The van der Waals surface area contributed by atoms with Crippen LogP contribution in [-0.4, -0.2) is 43.3 Å². The van der Waals surface area contributed by atoms with Crippen LogP contribution in [0.15, 0.2) is 108 Å². The second-order valence-corrected chi connectivity index (χ2v) is 14.7. The van der Waals surface area contributed by atoms with Crippen molar-refractivity contribution in [3.63, 3.8) is 0 Å². The third kappa shape index (κ3) is 8.90. The fourth-order valence-electron chi connectivity index (χ4n) is 5.01. The number of hydrogen-bond donors (Lipinski definition) is 1. The molecule has 0 aliphatic heterocycles. The Morgan fingerprint density at radius 3 is 1.89 bits per heavy atom. The molecule has 0 aliphatic carbocycles. The van der Waals surface area contributed by atoms with Crippen molar-refractivity contribution >= 4 is 50.7 Å². The normalized spacial score (nSPS) is 12.3. The smallest absolute Gasteiger partial charge is 0.264 e. The number of anilines is 1. The van der Waals surface area contributed by atoms with Crippen LogP contribution in [-0.2, 0) is 39.0 Å². The molecule has 0 aromatic heterocycles. The number of aryl methyl sites for hydroxylation is 1. The molecule has 0 radical (unpaired) electrons. The van der Waals surface area contributed by atoms with E-state index in [1.165, 1.54) is 17.0 Å². The van der Waals surface area contributed by atoms with Gasteiger partial charge in [-0.05, 0) is 74.7 Å². The van der Waals surface area contributed by atoms with E-state index in [2.05, 4.69) is 5.32 Å². The van der Waals surface area contributed by atoms with Gasteiger partial charge in [0.2, 0.25) is 11.8 Å². The Morgan fingerprint density at radius 2 is 1.35 bits per heavy atom. The lowest BCUT2D eigenvalue weighted by molar-refractivity contribution is -0.140. The van der Waals surface area contributed by atoms with E-state index in [-0.39, 0.29) is 17.9 Å². The van der Waals surface area contributed by atoms with Gasteiger partial charge >= 0.3 is 0 Å². The highest BCUT2D eigenvalue weighted by atomic mass is 35.5. The van der Waals surface area contributed by atoms with E-state index in [9.17, 15) is 18.0 Å². The third-order valence-corrected chi connectivity index (χ3v) is 9.90. The lowest BCUT2D eigenvalue weighted by Crippen LogP contribution is -2.56. The fourth-order valence-corrected chi connectivity index (χ4v) is 6.96. The van der Waals surface area contributed by atoms with Crippen molar-refractivity contribution < 1.29 is 18.0 Å². The summed E-state index contributed by atoms with van der Waals surface area (Å²) in [6, 6.07) is 28.4. The number of nitrogens with one attached hydrogen (secondary N) is 1. The molecule has 1 N–H and O–H groups in total. The molecule has 0 fully saturated rings. The molecule has 10 heteroatoms. The maximum atomic E-state index is 14.6. The molecule has 0 saturated heterocycles. The first-order valence-corrected chi connectivity index (χ1v) is 17.2. The Labute approximate surface area is 282 Å². The largest absolute Gasteiger partial charge is 0.350 e. The number of sulfonamides is 1. The van der Waals surface area contributed by atoms with E-state index in [1.807, 2.05) is 70.2 Å². The minimum atomic E-state index is -4.19. The average molecular weight is 681 g/mol. The molecule has 0 unspecified atom stereocenters. The van der Waals surface area contributed by atoms with Gasteiger partial charge in [0.05, 0.1) is 10.6 Å². The van der Waals surface area contributed by atoms with Gasteiger partial charge in [0, 0.05) is 34.1 Å². The van der Waals surface area contributed by atoms with Crippen LogP contribution in [0.3, 0.4) is 0 Å². The van der Waals surface area contributed by atoms with Crippen molar-refractivity contribution in [1.29, 1.82) is 0 Å². The molecule has 1 atom stereocenters. The Balaban J connectivity index is 1.85. The first-order valence-electron chi connectivity index (χ1n) is 15.0. The lowest BCUT2D eigenvalue weighted by Gasteiger charge is -2.35. The lowest BCUT2D eigenvalue weighted by atomic mass is 10.0. The summed E-state index contributed by atoms with van der Waals surface area (Å²) in [6.07, 6.45) is 0.939. The summed E-state index contributed by atoms with van der Waals surface area (Å²) >= 11 is 13.2. The molecule has 46 heavy (non-hydrogen) atoms. The summed E-state index contributed by atoms with van der Waals surface area (Å²) in [4.78, 5) is 30.0. The van der Waals surface area contributed by atoms with Crippen molar-refractivity contribution in [3.05, 3.63) is 130 Å². The maximum Gasteiger partial charge on any atom is 0.264 e. The highest BCUT2D eigenvalue weighted by Crippen LogP contribution is 2.29. The minimum absolute atomic E-state index is 0.0365. The van der Waals surface area contributed by atoms with Crippen molar-refractivity contribution in [2.24, 2.45) is 0 Å². The molecular formula is C36H39Cl2N3O4S. The van der Waals surface area contributed by atoms with Crippen LogP contribution in [0, 0.1) is 0 Å². The standard InChI is InChI=1S/C36H39Cl2N3O4S/c1-5-26-19-21-28(22-20-26)41(46(44,45)29-15-10-7-11-16-29)25-34(42)40(24-30-31(37)17-12-18-32(30)38)33(35(43)39-36(2,3)4)23-27-13-8-6-9-14-27/h6-22,33H,5,23-25H2,1-4H3,(H,39,43)/t33-/m0/s1. The number of carbonyl (C=O) groups excluding carboxylic acids is 2. The molecule has 7 nitrogen and oxygen atoms in total. The second-order valence-electron chi connectivity index (χ2n) is 12.0. The van der Waals surface area contributed by atoms with Gasteiger partial charge in [-0.25, -0.2) is 8.42 Å². The van der Waals surface area contributed by atoms with Crippen molar-refractivity contribution in [3.8, 4) is 0 Å². The molecule has 0 heterocycles. The van der Waals surface area contributed by atoms with Gasteiger partial charge in [0.25, 0.3) is 10.0 Å².